The second kappa shape index (κ2) is 8.40. The molecule has 1 aliphatic carbocycles. The zero-order valence-electron chi connectivity index (χ0n) is 17.7. The smallest absolute Gasteiger partial charge is 0.322 e. The maximum atomic E-state index is 12.9. The highest BCUT2D eigenvalue weighted by molar-refractivity contribution is 6.30. The lowest BCUT2D eigenvalue weighted by molar-refractivity contribution is -0.116. The number of nitrogens with zero attached hydrogens (tertiary/aromatic N) is 5. The molecular formula is C22H28ClN5O2. The van der Waals surface area contributed by atoms with E-state index in [1.165, 1.54) is 22.1 Å². The quantitative estimate of drug-likeness (QED) is 0.747. The largest absolute Gasteiger partial charge is 0.344 e. The summed E-state index contributed by atoms with van der Waals surface area (Å²) in [5, 5.41) is 4.94. The number of rotatable bonds is 4. The summed E-state index contributed by atoms with van der Waals surface area (Å²) >= 11 is 6.11. The standard InChI is InChI=1S/C22H28ClN5O2/c1-15(29)26(3)21-10-24-28(14-21)22(30)27-12-17-8-20(9-18(17)13-27)25(2)11-16-5-4-6-19(23)7-16/h4-7,10,14,17-18,20H,8-9,11-13H2,1-3H3/t17-,18?,20?/m1/s1. The molecule has 1 aliphatic heterocycles. The average Bonchev–Trinajstić information content (AvgIpc) is 3.41. The number of amides is 2. The van der Waals surface area contributed by atoms with Crippen molar-refractivity contribution in [1.82, 2.24) is 19.6 Å². The van der Waals surface area contributed by atoms with Gasteiger partial charge in [-0.2, -0.15) is 9.78 Å². The third kappa shape index (κ3) is 4.23. The van der Waals surface area contributed by atoms with Gasteiger partial charge in [0.05, 0.1) is 18.1 Å². The molecule has 1 aromatic heterocycles. The molecule has 1 saturated carbocycles. The van der Waals surface area contributed by atoms with Crippen molar-refractivity contribution in [3.05, 3.63) is 47.2 Å². The summed E-state index contributed by atoms with van der Waals surface area (Å²) in [7, 11) is 3.85. The van der Waals surface area contributed by atoms with Crippen LogP contribution in [0.1, 0.15) is 25.3 Å². The van der Waals surface area contributed by atoms with Crippen molar-refractivity contribution in [1.29, 1.82) is 0 Å². The van der Waals surface area contributed by atoms with Crippen LogP contribution in [0.25, 0.3) is 0 Å². The van der Waals surface area contributed by atoms with E-state index in [2.05, 4.69) is 23.1 Å². The molecule has 30 heavy (non-hydrogen) atoms. The number of likely N-dealkylation sites (tertiary alicyclic amines) is 1. The van der Waals surface area contributed by atoms with Gasteiger partial charge in [0, 0.05) is 44.7 Å². The highest BCUT2D eigenvalue weighted by Crippen LogP contribution is 2.40. The fourth-order valence-corrected chi connectivity index (χ4v) is 4.97. The molecule has 2 amide bonds. The SMILES string of the molecule is CC(=O)N(C)c1cnn(C(=O)N2CC3CC(N(C)Cc4cccc(Cl)c4)C[C@@H]3C2)c1. The van der Waals surface area contributed by atoms with Crippen molar-refractivity contribution in [2.45, 2.75) is 32.4 Å². The van der Waals surface area contributed by atoms with Crippen LogP contribution in [-0.2, 0) is 11.3 Å². The first-order valence-corrected chi connectivity index (χ1v) is 10.7. The predicted octanol–water partition coefficient (Wildman–Crippen LogP) is 3.33. The van der Waals surface area contributed by atoms with Gasteiger partial charge in [0.15, 0.2) is 0 Å². The maximum absolute atomic E-state index is 12.9. The van der Waals surface area contributed by atoms with Crippen LogP contribution in [0.3, 0.4) is 0 Å². The first-order valence-electron chi connectivity index (χ1n) is 10.3. The molecule has 8 heteroatoms. The Bertz CT molecular complexity index is 931. The summed E-state index contributed by atoms with van der Waals surface area (Å²) in [6.07, 6.45) is 5.38. The van der Waals surface area contributed by atoms with Gasteiger partial charge in [-0.25, -0.2) is 4.79 Å². The van der Waals surface area contributed by atoms with E-state index in [1.807, 2.05) is 23.1 Å². The van der Waals surface area contributed by atoms with Crippen LogP contribution in [-0.4, -0.2) is 64.7 Å². The highest BCUT2D eigenvalue weighted by atomic mass is 35.5. The summed E-state index contributed by atoms with van der Waals surface area (Å²) < 4.78 is 1.35. The monoisotopic (exact) mass is 429 g/mol. The maximum Gasteiger partial charge on any atom is 0.344 e. The predicted molar refractivity (Wildman–Crippen MR) is 117 cm³/mol. The van der Waals surface area contributed by atoms with E-state index in [0.717, 1.165) is 37.5 Å². The van der Waals surface area contributed by atoms with Gasteiger partial charge < -0.3 is 9.80 Å². The lowest BCUT2D eigenvalue weighted by Gasteiger charge is -2.26. The van der Waals surface area contributed by atoms with E-state index in [4.69, 9.17) is 11.6 Å². The minimum Gasteiger partial charge on any atom is -0.322 e. The molecule has 2 unspecified atom stereocenters. The molecular weight excluding hydrogens is 402 g/mol. The van der Waals surface area contributed by atoms with Gasteiger partial charge >= 0.3 is 6.03 Å². The highest BCUT2D eigenvalue weighted by Gasteiger charge is 2.43. The summed E-state index contributed by atoms with van der Waals surface area (Å²) in [5.74, 6) is 0.956. The molecule has 2 aromatic rings. The van der Waals surface area contributed by atoms with E-state index in [9.17, 15) is 9.59 Å². The van der Waals surface area contributed by atoms with Gasteiger partial charge in [0.1, 0.15) is 0 Å². The van der Waals surface area contributed by atoms with Crippen LogP contribution in [0.15, 0.2) is 36.7 Å². The van der Waals surface area contributed by atoms with E-state index < -0.39 is 0 Å². The van der Waals surface area contributed by atoms with Crippen LogP contribution in [0.2, 0.25) is 5.02 Å². The lowest BCUT2D eigenvalue weighted by Crippen LogP contribution is -2.36. The van der Waals surface area contributed by atoms with Gasteiger partial charge in [0.2, 0.25) is 5.91 Å². The van der Waals surface area contributed by atoms with Gasteiger partial charge in [-0.05, 0) is 49.4 Å². The van der Waals surface area contributed by atoms with Crippen molar-refractivity contribution in [2.24, 2.45) is 11.8 Å². The molecule has 160 valence electrons. The Labute approximate surface area is 182 Å². The third-order valence-electron chi connectivity index (χ3n) is 6.57. The number of aromatic nitrogens is 2. The van der Waals surface area contributed by atoms with E-state index >= 15 is 0 Å². The van der Waals surface area contributed by atoms with E-state index in [-0.39, 0.29) is 11.9 Å². The number of hydrogen-bond donors (Lipinski definition) is 0. The molecule has 4 rings (SSSR count). The second-order valence-electron chi connectivity index (χ2n) is 8.60. The average molecular weight is 430 g/mol. The number of carbonyl (C=O) groups is 2. The summed E-state index contributed by atoms with van der Waals surface area (Å²) in [4.78, 5) is 30.2. The lowest BCUT2D eigenvalue weighted by atomic mass is 10.0. The third-order valence-corrected chi connectivity index (χ3v) is 6.80. The minimum atomic E-state index is -0.114. The second-order valence-corrected chi connectivity index (χ2v) is 9.04. The van der Waals surface area contributed by atoms with Gasteiger partial charge in [-0.15, -0.1) is 0 Å². The summed E-state index contributed by atoms with van der Waals surface area (Å²) in [6, 6.07) is 8.44. The van der Waals surface area contributed by atoms with E-state index in [1.54, 1.807) is 19.4 Å². The van der Waals surface area contributed by atoms with Crippen molar-refractivity contribution in [2.75, 3.05) is 32.1 Å². The number of anilines is 1. The van der Waals surface area contributed by atoms with Crippen LogP contribution in [0.5, 0.6) is 0 Å². The minimum absolute atomic E-state index is 0.0920. The molecule has 2 heterocycles. The molecule has 0 radical (unpaired) electrons. The van der Waals surface area contributed by atoms with Crippen molar-refractivity contribution < 1.29 is 9.59 Å². The Morgan fingerprint density at radius 3 is 2.53 bits per heavy atom. The molecule has 7 nitrogen and oxygen atoms in total. The van der Waals surface area contributed by atoms with Crippen LogP contribution >= 0.6 is 11.6 Å². The van der Waals surface area contributed by atoms with Crippen molar-refractivity contribution in [3.8, 4) is 0 Å². The van der Waals surface area contributed by atoms with Crippen molar-refractivity contribution in [3.63, 3.8) is 0 Å². The zero-order valence-corrected chi connectivity index (χ0v) is 18.4. The summed E-state index contributed by atoms with van der Waals surface area (Å²) in [5.41, 5.74) is 1.85. The van der Waals surface area contributed by atoms with Crippen LogP contribution in [0, 0.1) is 11.8 Å². The van der Waals surface area contributed by atoms with E-state index in [0.29, 0.717) is 23.6 Å². The summed E-state index contributed by atoms with van der Waals surface area (Å²) in [6.45, 7) is 3.90. The molecule has 0 bridgehead atoms. The Morgan fingerprint density at radius 2 is 1.90 bits per heavy atom. The number of benzene rings is 1. The Morgan fingerprint density at radius 1 is 1.20 bits per heavy atom. The Hall–Kier alpha value is -2.38. The number of hydrogen-bond acceptors (Lipinski definition) is 4. The number of halogens is 1. The van der Waals surface area contributed by atoms with Gasteiger partial charge in [-0.1, -0.05) is 23.7 Å². The molecule has 0 spiro atoms. The van der Waals surface area contributed by atoms with Gasteiger partial charge in [0.25, 0.3) is 0 Å². The zero-order chi connectivity index (χ0) is 21.4. The van der Waals surface area contributed by atoms with Crippen LogP contribution < -0.4 is 4.90 Å². The fourth-order valence-electron chi connectivity index (χ4n) is 4.75. The molecule has 3 atom stereocenters. The van der Waals surface area contributed by atoms with Gasteiger partial charge in [-0.3, -0.25) is 9.69 Å². The molecule has 1 saturated heterocycles. The Kier molecular flexibility index (Phi) is 5.84. The number of carbonyl (C=O) groups excluding carboxylic acids is 2. The number of fused-ring (bicyclic) bond motifs is 1. The molecule has 2 fully saturated rings. The van der Waals surface area contributed by atoms with Crippen molar-refractivity contribution >= 4 is 29.2 Å². The normalized spacial score (nSPS) is 23.1. The molecule has 0 N–H and O–H groups in total. The topological polar surface area (TPSA) is 61.7 Å². The van der Waals surface area contributed by atoms with Crippen LogP contribution in [0.4, 0.5) is 10.5 Å². The first-order chi connectivity index (χ1) is 14.3. The first kappa shape index (κ1) is 20.9. The Balaban J connectivity index is 1.33. The molecule has 1 aromatic carbocycles. The fraction of sp³-hybridized carbons (Fsp3) is 0.500. The molecule has 2 aliphatic rings.